The average Bonchev–Trinajstić information content (AvgIpc) is 2.85. The van der Waals surface area contributed by atoms with Crippen LogP contribution in [0.25, 0.3) is 0 Å². The molecular weight excluding hydrogens is 336 g/mol. The third-order valence-electron chi connectivity index (χ3n) is 5.68. The second-order valence-electron chi connectivity index (χ2n) is 8.31. The van der Waals surface area contributed by atoms with Gasteiger partial charge in [-0.3, -0.25) is 9.69 Å². The molecule has 0 aliphatic carbocycles. The van der Waals surface area contributed by atoms with Gasteiger partial charge < -0.3 is 9.73 Å². The topological polar surface area (TPSA) is 45.5 Å². The number of nitrogens with zero attached hydrogens (tertiary/aromatic N) is 1. The van der Waals surface area contributed by atoms with Crippen LogP contribution in [0.2, 0.25) is 0 Å². The van der Waals surface area contributed by atoms with Gasteiger partial charge in [0.2, 0.25) is 0 Å². The van der Waals surface area contributed by atoms with E-state index in [4.69, 9.17) is 4.42 Å². The molecule has 1 aliphatic rings. The van der Waals surface area contributed by atoms with E-state index >= 15 is 0 Å². The number of hydrogen-bond donors (Lipinski definition) is 1. The second-order valence-corrected chi connectivity index (χ2v) is 8.31. The zero-order valence-corrected chi connectivity index (χ0v) is 17.3. The molecule has 0 bridgehead atoms. The van der Waals surface area contributed by atoms with Gasteiger partial charge in [-0.15, -0.1) is 0 Å². The Labute approximate surface area is 162 Å². The van der Waals surface area contributed by atoms with E-state index in [1.54, 1.807) is 0 Å². The molecule has 146 valence electrons. The molecule has 3 rings (SSSR count). The van der Waals surface area contributed by atoms with Crippen LogP contribution in [0, 0.1) is 32.6 Å². The highest BCUT2D eigenvalue weighted by atomic mass is 16.3. The van der Waals surface area contributed by atoms with Crippen LogP contribution in [0.5, 0.6) is 0 Å². The van der Waals surface area contributed by atoms with Gasteiger partial charge in [0.25, 0.3) is 5.91 Å². The van der Waals surface area contributed by atoms with Crippen LogP contribution in [-0.2, 0) is 13.1 Å². The van der Waals surface area contributed by atoms with Crippen LogP contribution in [-0.4, -0.2) is 23.9 Å². The van der Waals surface area contributed by atoms with Gasteiger partial charge >= 0.3 is 0 Å². The summed E-state index contributed by atoms with van der Waals surface area (Å²) in [5.41, 5.74) is 4.08. The molecule has 2 heterocycles. The third kappa shape index (κ3) is 4.62. The highest BCUT2D eigenvalue weighted by Crippen LogP contribution is 2.24. The second kappa shape index (κ2) is 8.30. The monoisotopic (exact) mass is 368 g/mol. The van der Waals surface area contributed by atoms with E-state index in [9.17, 15) is 4.79 Å². The van der Waals surface area contributed by atoms with E-state index in [-0.39, 0.29) is 5.91 Å². The van der Waals surface area contributed by atoms with Gasteiger partial charge in [0.05, 0.1) is 5.56 Å². The molecule has 1 fully saturated rings. The SMILES string of the molecule is Cc1oc(C)c(C(=O)NCc2ccccc2CN2CC(C)CC(C)C2)c1C. The minimum absolute atomic E-state index is 0.0585. The predicted octanol–water partition coefficient (Wildman–Crippen LogP) is 4.61. The van der Waals surface area contributed by atoms with E-state index in [0.717, 1.165) is 42.8 Å². The summed E-state index contributed by atoms with van der Waals surface area (Å²) in [6, 6.07) is 8.44. The van der Waals surface area contributed by atoms with Gasteiger partial charge in [-0.25, -0.2) is 0 Å². The van der Waals surface area contributed by atoms with E-state index in [0.29, 0.717) is 17.9 Å². The van der Waals surface area contributed by atoms with Gasteiger partial charge in [-0.05, 0) is 50.2 Å². The molecule has 2 unspecified atom stereocenters. The number of likely N-dealkylation sites (tertiary alicyclic amines) is 1. The summed E-state index contributed by atoms with van der Waals surface area (Å²) in [5.74, 6) is 2.93. The summed E-state index contributed by atoms with van der Waals surface area (Å²) >= 11 is 0. The fourth-order valence-electron chi connectivity index (χ4n) is 4.44. The first-order chi connectivity index (χ1) is 12.8. The molecule has 1 aliphatic heterocycles. The van der Waals surface area contributed by atoms with Gasteiger partial charge in [0.1, 0.15) is 11.5 Å². The fraction of sp³-hybridized carbons (Fsp3) is 0.522. The van der Waals surface area contributed by atoms with Crippen molar-refractivity contribution in [2.24, 2.45) is 11.8 Å². The molecule has 0 spiro atoms. The zero-order chi connectivity index (χ0) is 19.6. The standard InChI is InChI=1S/C23H32N2O2/c1-15-10-16(2)13-25(12-15)14-21-9-7-6-8-20(21)11-24-23(26)22-17(3)18(4)27-19(22)5/h6-9,15-16H,10-14H2,1-5H3,(H,24,26). The van der Waals surface area contributed by atoms with Crippen molar-refractivity contribution in [1.29, 1.82) is 0 Å². The Kier molecular flexibility index (Phi) is 6.05. The van der Waals surface area contributed by atoms with Crippen molar-refractivity contribution >= 4 is 5.91 Å². The summed E-state index contributed by atoms with van der Waals surface area (Å²) < 4.78 is 5.60. The van der Waals surface area contributed by atoms with E-state index < -0.39 is 0 Å². The van der Waals surface area contributed by atoms with Crippen LogP contribution in [0.15, 0.2) is 28.7 Å². The Morgan fingerprint density at radius 2 is 1.70 bits per heavy atom. The van der Waals surface area contributed by atoms with E-state index in [1.807, 2.05) is 26.8 Å². The third-order valence-corrected chi connectivity index (χ3v) is 5.68. The minimum atomic E-state index is -0.0585. The lowest BCUT2D eigenvalue weighted by Crippen LogP contribution is -2.38. The van der Waals surface area contributed by atoms with Crippen LogP contribution < -0.4 is 5.32 Å². The van der Waals surface area contributed by atoms with Crippen LogP contribution >= 0.6 is 0 Å². The molecule has 27 heavy (non-hydrogen) atoms. The molecule has 4 heteroatoms. The first-order valence-electron chi connectivity index (χ1n) is 9.99. The van der Waals surface area contributed by atoms with Gasteiger partial charge in [-0.2, -0.15) is 0 Å². The maximum Gasteiger partial charge on any atom is 0.255 e. The molecule has 1 amide bonds. The Morgan fingerprint density at radius 3 is 2.30 bits per heavy atom. The Morgan fingerprint density at radius 1 is 1.07 bits per heavy atom. The Hall–Kier alpha value is -2.07. The lowest BCUT2D eigenvalue weighted by atomic mass is 9.91. The summed E-state index contributed by atoms with van der Waals surface area (Å²) in [4.78, 5) is 15.2. The molecule has 0 saturated carbocycles. The molecule has 1 aromatic heterocycles. The maximum atomic E-state index is 12.7. The molecule has 1 saturated heterocycles. The Bertz CT molecular complexity index is 799. The number of carbonyl (C=O) groups is 1. The maximum absolute atomic E-state index is 12.7. The van der Waals surface area contributed by atoms with Crippen molar-refractivity contribution in [2.75, 3.05) is 13.1 Å². The predicted molar refractivity (Wildman–Crippen MR) is 109 cm³/mol. The van der Waals surface area contributed by atoms with Crippen molar-refractivity contribution in [3.05, 3.63) is 58.0 Å². The Balaban J connectivity index is 1.68. The molecule has 1 N–H and O–H groups in total. The van der Waals surface area contributed by atoms with E-state index in [2.05, 4.69) is 42.3 Å². The molecule has 2 atom stereocenters. The summed E-state index contributed by atoms with van der Waals surface area (Å²) in [5, 5.41) is 3.09. The molecular formula is C23H32N2O2. The fourth-order valence-corrected chi connectivity index (χ4v) is 4.44. The number of rotatable bonds is 5. The number of amides is 1. The number of piperidine rings is 1. The van der Waals surface area contributed by atoms with Crippen LogP contribution in [0.3, 0.4) is 0 Å². The number of benzene rings is 1. The summed E-state index contributed by atoms with van der Waals surface area (Å²) in [6.07, 6.45) is 1.32. The van der Waals surface area contributed by atoms with Crippen molar-refractivity contribution in [3.8, 4) is 0 Å². The van der Waals surface area contributed by atoms with Crippen molar-refractivity contribution in [3.63, 3.8) is 0 Å². The lowest BCUT2D eigenvalue weighted by molar-refractivity contribution is 0.0948. The van der Waals surface area contributed by atoms with Crippen LogP contribution in [0.4, 0.5) is 0 Å². The van der Waals surface area contributed by atoms with Gasteiger partial charge in [-0.1, -0.05) is 38.1 Å². The number of furan rings is 1. The smallest absolute Gasteiger partial charge is 0.255 e. The van der Waals surface area contributed by atoms with Crippen molar-refractivity contribution < 1.29 is 9.21 Å². The number of aryl methyl sites for hydroxylation is 2. The average molecular weight is 369 g/mol. The number of carbonyl (C=O) groups excluding carboxylic acids is 1. The van der Waals surface area contributed by atoms with Gasteiger partial charge in [0.15, 0.2) is 0 Å². The number of nitrogens with one attached hydrogen (secondary N) is 1. The molecule has 1 aromatic carbocycles. The highest BCUT2D eigenvalue weighted by Gasteiger charge is 2.23. The first-order valence-corrected chi connectivity index (χ1v) is 9.99. The summed E-state index contributed by atoms with van der Waals surface area (Å²) in [6.45, 7) is 14.2. The normalized spacial score (nSPS) is 20.6. The first kappa shape index (κ1) is 19.7. The zero-order valence-electron chi connectivity index (χ0n) is 17.3. The molecule has 2 aromatic rings. The lowest BCUT2D eigenvalue weighted by Gasteiger charge is -2.35. The van der Waals surface area contributed by atoms with Crippen LogP contribution in [0.1, 0.15) is 58.8 Å². The molecule has 0 radical (unpaired) electrons. The van der Waals surface area contributed by atoms with E-state index in [1.165, 1.54) is 17.5 Å². The highest BCUT2D eigenvalue weighted by molar-refractivity contribution is 5.96. The minimum Gasteiger partial charge on any atom is -0.466 e. The van der Waals surface area contributed by atoms with Crippen molar-refractivity contribution in [1.82, 2.24) is 10.2 Å². The number of hydrogen-bond acceptors (Lipinski definition) is 3. The summed E-state index contributed by atoms with van der Waals surface area (Å²) in [7, 11) is 0. The molecule has 4 nitrogen and oxygen atoms in total. The largest absolute Gasteiger partial charge is 0.466 e. The quantitative estimate of drug-likeness (QED) is 0.838. The van der Waals surface area contributed by atoms with Gasteiger partial charge in [0, 0.05) is 31.7 Å². The van der Waals surface area contributed by atoms with Crippen molar-refractivity contribution in [2.45, 2.75) is 54.1 Å².